The highest BCUT2D eigenvalue weighted by Gasteiger charge is 2.17. The lowest BCUT2D eigenvalue weighted by atomic mass is 10.1. The molecule has 3 rings (SSSR count). The van der Waals surface area contributed by atoms with Crippen molar-refractivity contribution in [3.8, 4) is 22.2 Å². The topological polar surface area (TPSA) is 76.2 Å². The number of rotatable bonds is 3. The van der Waals surface area contributed by atoms with Crippen LogP contribution in [0.15, 0.2) is 46.2 Å². The molecule has 0 aliphatic heterocycles. The molecule has 3 aromatic rings. The van der Waals surface area contributed by atoms with Crippen LogP contribution in [0.3, 0.4) is 0 Å². The van der Waals surface area contributed by atoms with Crippen LogP contribution in [0.4, 0.5) is 0 Å². The molecule has 0 saturated carbocycles. The summed E-state index contributed by atoms with van der Waals surface area (Å²) in [5.41, 5.74) is 0.564. The number of carbonyl (C=O) groups is 1. The average molecular weight is 272 g/mol. The number of carboxylic acid groups (broad SMARTS) is 1. The van der Waals surface area contributed by atoms with Gasteiger partial charge in [-0.3, -0.25) is 0 Å². The van der Waals surface area contributed by atoms with Gasteiger partial charge >= 0.3 is 5.97 Å². The largest absolute Gasteiger partial charge is 0.478 e. The van der Waals surface area contributed by atoms with E-state index in [0.717, 1.165) is 4.88 Å². The normalized spacial score (nSPS) is 10.5. The molecule has 2 aromatic heterocycles. The first-order chi connectivity index (χ1) is 9.25. The lowest BCUT2D eigenvalue weighted by molar-refractivity contribution is 0.0697. The van der Waals surface area contributed by atoms with E-state index >= 15 is 0 Å². The molecule has 2 heterocycles. The van der Waals surface area contributed by atoms with Gasteiger partial charge in [0, 0.05) is 0 Å². The van der Waals surface area contributed by atoms with E-state index in [-0.39, 0.29) is 11.5 Å². The number of thiophene rings is 1. The maximum absolute atomic E-state index is 11.1. The lowest BCUT2D eigenvalue weighted by Gasteiger charge is -1.99. The zero-order valence-electron chi connectivity index (χ0n) is 9.61. The van der Waals surface area contributed by atoms with E-state index in [1.54, 1.807) is 18.2 Å². The van der Waals surface area contributed by atoms with Gasteiger partial charge in [0.1, 0.15) is 0 Å². The van der Waals surface area contributed by atoms with Crippen LogP contribution < -0.4 is 0 Å². The van der Waals surface area contributed by atoms with Crippen molar-refractivity contribution in [1.82, 2.24) is 10.2 Å². The Hall–Kier alpha value is -2.47. The molecule has 1 N–H and O–H groups in total. The molecule has 1 aromatic carbocycles. The minimum atomic E-state index is -1.02. The predicted molar refractivity (Wildman–Crippen MR) is 70.0 cm³/mol. The molecule has 0 fully saturated rings. The number of benzene rings is 1. The quantitative estimate of drug-likeness (QED) is 0.792. The monoisotopic (exact) mass is 272 g/mol. The Labute approximate surface area is 112 Å². The van der Waals surface area contributed by atoms with Crippen LogP contribution in [0.5, 0.6) is 0 Å². The Morgan fingerprint density at radius 3 is 2.63 bits per heavy atom. The number of hydrogen-bond acceptors (Lipinski definition) is 5. The molecule has 0 unspecified atom stereocenters. The summed E-state index contributed by atoms with van der Waals surface area (Å²) in [6.45, 7) is 0. The highest BCUT2D eigenvalue weighted by atomic mass is 32.1. The van der Waals surface area contributed by atoms with Gasteiger partial charge in [0.15, 0.2) is 0 Å². The zero-order chi connectivity index (χ0) is 13.2. The summed E-state index contributed by atoms with van der Waals surface area (Å²) in [6.07, 6.45) is 0. The molecule has 5 nitrogen and oxygen atoms in total. The summed E-state index contributed by atoms with van der Waals surface area (Å²) in [5.74, 6) is -0.418. The molecule has 0 aliphatic carbocycles. The predicted octanol–water partition coefficient (Wildman–Crippen LogP) is 3.16. The minimum absolute atomic E-state index is 0.142. The van der Waals surface area contributed by atoms with Crippen LogP contribution >= 0.6 is 11.3 Å². The fourth-order valence-electron chi connectivity index (χ4n) is 1.69. The molecule has 19 heavy (non-hydrogen) atoms. The number of nitrogens with zero attached hydrogens (tertiary/aromatic N) is 2. The van der Waals surface area contributed by atoms with Crippen molar-refractivity contribution in [2.24, 2.45) is 0 Å². The second-order valence-electron chi connectivity index (χ2n) is 3.74. The molecule has 0 spiro atoms. The standard InChI is InChI=1S/C13H8N2O3S/c16-13(17)9-5-2-1-4-8(9)11-14-15-12(18-11)10-6-3-7-19-10/h1-7H,(H,16,17). The van der Waals surface area contributed by atoms with Crippen LogP contribution in [0, 0.1) is 0 Å². The molecule has 0 radical (unpaired) electrons. The van der Waals surface area contributed by atoms with Crippen LogP contribution in [-0.2, 0) is 0 Å². The van der Waals surface area contributed by atoms with Gasteiger partial charge in [0.05, 0.1) is 16.0 Å². The molecule has 0 atom stereocenters. The van der Waals surface area contributed by atoms with Crippen molar-refractivity contribution in [1.29, 1.82) is 0 Å². The summed E-state index contributed by atoms with van der Waals surface area (Å²) < 4.78 is 5.53. The van der Waals surface area contributed by atoms with Gasteiger partial charge in [-0.05, 0) is 23.6 Å². The summed E-state index contributed by atoms with van der Waals surface area (Å²) in [5, 5.41) is 18.9. The molecule has 0 amide bonds. The van der Waals surface area contributed by atoms with Crippen LogP contribution in [0.1, 0.15) is 10.4 Å². The Morgan fingerprint density at radius 1 is 1.11 bits per heavy atom. The van der Waals surface area contributed by atoms with E-state index in [1.807, 2.05) is 17.5 Å². The minimum Gasteiger partial charge on any atom is -0.478 e. The number of carboxylic acids is 1. The van der Waals surface area contributed by atoms with Gasteiger partial charge in [0.2, 0.25) is 5.89 Å². The van der Waals surface area contributed by atoms with Crippen molar-refractivity contribution in [3.63, 3.8) is 0 Å². The molecule has 0 bridgehead atoms. The molecular weight excluding hydrogens is 264 g/mol. The summed E-state index contributed by atoms with van der Waals surface area (Å²) in [4.78, 5) is 12.0. The fourth-order valence-corrected chi connectivity index (χ4v) is 2.33. The Bertz CT molecular complexity index is 719. The van der Waals surface area contributed by atoms with E-state index < -0.39 is 5.97 Å². The maximum atomic E-state index is 11.1. The van der Waals surface area contributed by atoms with Crippen molar-refractivity contribution < 1.29 is 14.3 Å². The third-order valence-corrected chi connectivity index (χ3v) is 3.40. The smallest absolute Gasteiger partial charge is 0.336 e. The number of aromatic carboxylic acids is 1. The van der Waals surface area contributed by atoms with E-state index in [2.05, 4.69) is 10.2 Å². The molecule has 0 saturated heterocycles. The van der Waals surface area contributed by atoms with Crippen molar-refractivity contribution in [2.75, 3.05) is 0 Å². The first kappa shape index (κ1) is 11.6. The number of hydrogen-bond donors (Lipinski definition) is 1. The Kier molecular flexibility index (Phi) is 2.85. The van der Waals surface area contributed by atoms with Gasteiger partial charge in [0.25, 0.3) is 5.89 Å². The Balaban J connectivity index is 2.06. The summed E-state index contributed by atoms with van der Waals surface area (Å²) in [6, 6.07) is 10.3. The van der Waals surface area contributed by atoms with E-state index in [9.17, 15) is 4.79 Å². The van der Waals surface area contributed by atoms with Crippen LogP contribution in [0.2, 0.25) is 0 Å². The molecular formula is C13H8N2O3S. The van der Waals surface area contributed by atoms with Gasteiger partial charge in [-0.2, -0.15) is 0 Å². The van der Waals surface area contributed by atoms with Gasteiger partial charge < -0.3 is 9.52 Å². The van der Waals surface area contributed by atoms with Crippen molar-refractivity contribution >= 4 is 17.3 Å². The van der Waals surface area contributed by atoms with Gasteiger partial charge in [-0.25, -0.2) is 4.79 Å². The SMILES string of the molecule is O=C(O)c1ccccc1-c1nnc(-c2cccs2)o1. The summed E-state index contributed by atoms with van der Waals surface area (Å²) >= 11 is 1.48. The van der Waals surface area contributed by atoms with E-state index in [0.29, 0.717) is 11.5 Å². The summed E-state index contributed by atoms with van der Waals surface area (Å²) in [7, 11) is 0. The van der Waals surface area contributed by atoms with Crippen molar-refractivity contribution in [3.05, 3.63) is 47.3 Å². The van der Waals surface area contributed by atoms with E-state index in [4.69, 9.17) is 9.52 Å². The first-order valence-electron chi connectivity index (χ1n) is 5.46. The van der Waals surface area contributed by atoms with Crippen molar-refractivity contribution in [2.45, 2.75) is 0 Å². The third-order valence-electron chi connectivity index (χ3n) is 2.54. The first-order valence-corrected chi connectivity index (χ1v) is 6.34. The maximum Gasteiger partial charge on any atom is 0.336 e. The van der Waals surface area contributed by atoms with E-state index in [1.165, 1.54) is 17.4 Å². The Morgan fingerprint density at radius 2 is 1.89 bits per heavy atom. The lowest BCUT2D eigenvalue weighted by Crippen LogP contribution is -1.98. The highest BCUT2D eigenvalue weighted by molar-refractivity contribution is 7.13. The fraction of sp³-hybridized carbons (Fsp3) is 0. The highest BCUT2D eigenvalue weighted by Crippen LogP contribution is 2.28. The molecule has 94 valence electrons. The van der Waals surface area contributed by atoms with Gasteiger partial charge in [-0.15, -0.1) is 21.5 Å². The van der Waals surface area contributed by atoms with Crippen LogP contribution in [0.25, 0.3) is 22.2 Å². The van der Waals surface area contributed by atoms with Crippen LogP contribution in [-0.4, -0.2) is 21.3 Å². The molecule has 6 heteroatoms. The third kappa shape index (κ3) is 2.13. The zero-order valence-corrected chi connectivity index (χ0v) is 10.4. The number of aromatic nitrogens is 2. The average Bonchev–Trinajstić information content (AvgIpc) is 3.09. The molecule has 0 aliphatic rings. The second-order valence-corrected chi connectivity index (χ2v) is 4.69. The second kappa shape index (κ2) is 4.66. The van der Waals surface area contributed by atoms with Gasteiger partial charge in [-0.1, -0.05) is 18.2 Å².